The van der Waals surface area contributed by atoms with Crippen LogP contribution in [0.1, 0.15) is 53.4 Å². The molecule has 6 heteroatoms. The summed E-state index contributed by atoms with van der Waals surface area (Å²) in [6.45, 7) is 10.1. The molecule has 0 radical (unpaired) electrons. The Bertz CT molecular complexity index is 463. The van der Waals surface area contributed by atoms with Gasteiger partial charge in [0.1, 0.15) is 0 Å². The lowest BCUT2D eigenvalue weighted by atomic mass is 9.92. The summed E-state index contributed by atoms with van der Waals surface area (Å²) in [4.78, 5) is 13.1. The van der Waals surface area contributed by atoms with Gasteiger partial charge in [-0.3, -0.25) is 0 Å². The lowest BCUT2D eigenvalue weighted by Gasteiger charge is -2.18. The molecule has 1 aromatic heterocycles. The zero-order chi connectivity index (χ0) is 15.3. The van der Waals surface area contributed by atoms with Gasteiger partial charge in [-0.25, -0.2) is 0 Å². The zero-order valence-corrected chi connectivity index (χ0v) is 13.6. The van der Waals surface area contributed by atoms with Gasteiger partial charge in [-0.15, -0.1) is 0 Å². The van der Waals surface area contributed by atoms with E-state index in [0.717, 1.165) is 25.8 Å². The number of nitrogens with one attached hydrogen (secondary N) is 2. The summed E-state index contributed by atoms with van der Waals surface area (Å²) in [5.41, 5.74) is 0.400. The minimum absolute atomic E-state index is 0.391. The minimum atomic E-state index is 0.391. The molecule has 0 amide bonds. The summed E-state index contributed by atoms with van der Waals surface area (Å²) >= 11 is 0. The maximum atomic E-state index is 5.55. The third-order valence-electron chi connectivity index (χ3n) is 3.69. The largest absolute Gasteiger partial charge is 0.463 e. The molecule has 0 saturated heterocycles. The van der Waals surface area contributed by atoms with Gasteiger partial charge in [0, 0.05) is 12.6 Å². The van der Waals surface area contributed by atoms with Gasteiger partial charge in [0.25, 0.3) is 0 Å². The van der Waals surface area contributed by atoms with E-state index in [4.69, 9.17) is 4.74 Å². The Labute approximate surface area is 127 Å². The molecular weight excluding hydrogens is 266 g/mol. The Hall–Kier alpha value is -1.59. The third kappa shape index (κ3) is 4.72. The second kappa shape index (κ2) is 6.91. The molecule has 1 fully saturated rings. The number of hydrogen-bond acceptors (Lipinski definition) is 6. The van der Waals surface area contributed by atoms with Crippen molar-refractivity contribution in [1.82, 2.24) is 15.0 Å². The quantitative estimate of drug-likeness (QED) is 0.805. The van der Waals surface area contributed by atoms with Crippen LogP contribution in [0.15, 0.2) is 0 Å². The highest BCUT2D eigenvalue weighted by molar-refractivity contribution is 5.36. The SMILES string of the molecule is CCCOc1nc(NCC)nc(NC2CCC(C)(C)C2)n1. The maximum Gasteiger partial charge on any atom is 0.323 e. The van der Waals surface area contributed by atoms with Crippen molar-refractivity contribution in [1.29, 1.82) is 0 Å². The first-order valence-corrected chi connectivity index (χ1v) is 7.91. The standard InChI is InChI=1S/C15H27N5O/c1-5-9-21-14-19-12(16-6-2)18-13(20-14)17-11-7-8-15(3,4)10-11/h11H,5-10H2,1-4H3,(H2,16,17,18,19,20). The van der Waals surface area contributed by atoms with Crippen LogP contribution in [0.4, 0.5) is 11.9 Å². The molecule has 1 aliphatic carbocycles. The molecule has 1 heterocycles. The van der Waals surface area contributed by atoms with E-state index in [9.17, 15) is 0 Å². The number of nitrogens with zero attached hydrogens (tertiary/aromatic N) is 3. The van der Waals surface area contributed by atoms with Crippen molar-refractivity contribution in [3.05, 3.63) is 0 Å². The predicted molar refractivity (Wildman–Crippen MR) is 84.8 cm³/mol. The van der Waals surface area contributed by atoms with Gasteiger partial charge in [0.05, 0.1) is 6.61 Å². The van der Waals surface area contributed by atoms with Gasteiger partial charge in [-0.1, -0.05) is 20.8 Å². The molecule has 0 bridgehead atoms. The second-order valence-electron chi connectivity index (χ2n) is 6.39. The van der Waals surface area contributed by atoms with Gasteiger partial charge in [-0.2, -0.15) is 15.0 Å². The number of hydrogen-bond donors (Lipinski definition) is 2. The van der Waals surface area contributed by atoms with Gasteiger partial charge in [0.2, 0.25) is 11.9 Å². The zero-order valence-electron chi connectivity index (χ0n) is 13.6. The van der Waals surface area contributed by atoms with Gasteiger partial charge in [0.15, 0.2) is 0 Å². The Morgan fingerprint density at radius 2 is 1.95 bits per heavy atom. The van der Waals surface area contributed by atoms with Gasteiger partial charge >= 0.3 is 6.01 Å². The van der Waals surface area contributed by atoms with Crippen LogP contribution in [-0.4, -0.2) is 34.1 Å². The first kappa shape index (κ1) is 15.8. The molecule has 1 aromatic rings. The molecule has 118 valence electrons. The summed E-state index contributed by atoms with van der Waals surface area (Å²) < 4.78 is 5.55. The van der Waals surface area contributed by atoms with E-state index in [-0.39, 0.29) is 0 Å². The third-order valence-corrected chi connectivity index (χ3v) is 3.69. The monoisotopic (exact) mass is 293 g/mol. The average molecular weight is 293 g/mol. The van der Waals surface area contributed by atoms with Gasteiger partial charge < -0.3 is 15.4 Å². The highest BCUT2D eigenvalue weighted by Gasteiger charge is 2.31. The van der Waals surface area contributed by atoms with Crippen molar-refractivity contribution in [2.45, 2.75) is 59.4 Å². The fraction of sp³-hybridized carbons (Fsp3) is 0.800. The molecule has 0 aromatic carbocycles. The average Bonchev–Trinajstić information content (AvgIpc) is 2.76. The van der Waals surface area contributed by atoms with E-state index in [0.29, 0.717) is 36.0 Å². The molecule has 1 saturated carbocycles. The fourth-order valence-corrected chi connectivity index (χ4v) is 2.66. The molecule has 1 atom stereocenters. The maximum absolute atomic E-state index is 5.55. The topological polar surface area (TPSA) is 72.0 Å². The Balaban J connectivity index is 2.08. The summed E-state index contributed by atoms with van der Waals surface area (Å²) in [7, 11) is 0. The second-order valence-corrected chi connectivity index (χ2v) is 6.39. The fourth-order valence-electron chi connectivity index (χ4n) is 2.66. The Morgan fingerprint density at radius 3 is 2.57 bits per heavy atom. The number of aromatic nitrogens is 3. The van der Waals surface area contributed by atoms with E-state index in [1.807, 2.05) is 6.92 Å². The molecular formula is C15H27N5O. The van der Waals surface area contributed by atoms with Crippen molar-refractivity contribution >= 4 is 11.9 Å². The molecule has 0 spiro atoms. The van der Waals surface area contributed by atoms with E-state index in [1.165, 1.54) is 6.42 Å². The Kier molecular flexibility index (Phi) is 5.20. The summed E-state index contributed by atoms with van der Waals surface area (Å²) in [5.74, 6) is 1.17. The highest BCUT2D eigenvalue weighted by atomic mass is 16.5. The summed E-state index contributed by atoms with van der Waals surface area (Å²) in [6, 6.07) is 0.818. The van der Waals surface area contributed by atoms with Crippen LogP contribution in [0.25, 0.3) is 0 Å². The van der Waals surface area contributed by atoms with Crippen molar-refractivity contribution in [2.24, 2.45) is 5.41 Å². The van der Waals surface area contributed by atoms with Crippen LogP contribution in [-0.2, 0) is 0 Å². The molecule has 6 nitrogen and oxygen atoms in total. The van der Waals surface area contributed by atoms with Crippen LogP contribution < -0.4 is 15.4 Å². The molecule has 0 aliphatic heterocycles. The van der Waals surface area contributed by atoms with Crippen LogP contribution in [0, 0.1) is 5.41 Å². The lowest BCUT2D eigenvalue weighted by Crippen LogP contribution is -2.20. The van der Waals surface area contributed by atoms with Crippen LogP contribution in [0.3, 0.4) is 0 Å². The first-order chi connectivity index (χ1) is 10.0. The number of ether oxygens (including phenoxy) is 1. The van der Waals surface area contributed by atoms with Gasteiger partial charge in [-0.05, 0) is 38.0 Å². The van der Waals surface area contributed by atoms with Crippen molar-refractivity contribution in [3.8, 4) is 6.01 Å². The molecule has 1 aliphatic rings. The van der Waals surface area contributed by atoms with Crippen LogP contribution in [0.2, 0.25) is 0 Å². The highest BCUT2D eigenvalue weighted by Crippen LogP contribution is 2.38. The normalized spacial score (nSPS) is 20.3. The first-order valence-electron chi connectivity index (χ1n) is 7.91. The Morgan fingerprint density at radius 1 is 1.19 bits per heavy atom. The number of anilines is 2. The molecule has 1 unspecified atom stereocenters. The van der Waals surface area contributed by atoms with E-state index < -0.39 is 0 Å². The molecule has 2 rings (SSSR count). The van der Waals surface area contributed by atoms with Crippen molar-refractivity contribution in [2.75, 3.05) is 23.8 Å². The smallest absolute Gasteiger partial charge is 0.323 e. The number of rotatable bonds is 7. The predicted octanol–water partition coefficient (Wildman–Crippen LogP) is 3.08. The van der Waals surface area contributed by atoms with Crippen molar-refractivity contribution < 1.29 is 4.74 Å². The van der Waals surface area contributed by atoms with E-state index in [1.54, 1.807) is 0 Å². The van der Waals surface area contributed by atoms with E-state index in [2.05, 4.69) is 46.4 Å². The van der Waals surface area contributed by atoms with Crippen molar-refractivity contribution in [3.63, 3.8) is 0 Å². The van der Waals surface area contributed by atoms with E-state index >= 15 is 0 Å². The summed E-state index contributed by atoms with van der Waals surface area (Å²) in [6.07, 6.45) is 4.46. The summed E-state index contributed by atoms with van der Waals surface area (Å²) in [5, 5.41) is 6.55. The van der Waals surface area contributed by atoms with Crippen LogP contribution >= 0.6 is 0 Å². The molecule has 2 N–H and O–H groups in total. The molecule has 21 heavy (non-hydrogen) atoms. The van der Waals surface area contributed by atoms with Crippen LogP contribution in [0.5, 0.6) is 6.01 Å². The lowest BCUT2D eigenvalue weighted by molar-refractivity contribution is 0.292. The minimum Gasteiger partial charge on any atom is -0.463 e.